The predicted octanol–water partition coefficient (Wildman–Crippen LogP) is 5.49. The Kier molecular flexibility index (Phi) is 6.81. The number of phenolic OH excluding ortho intramolecular Hbond substituents is 4. The summed E-state index contributed by atoms with van der Waals surface area (Å²) in [6.45, 7) is 0.782. The highest BCUT2D eigenvalue weighted by molar-refractivity contribution is 5.39. The molecule has 0 amide bonds. The van der Waals surface area contributed by atoms with Gasteiger partial charge in [-0.05, 0) is 70.8 Å². The van der Waals surface area contributed by atoms with Gasteiger partial charge < -0.3 is 25.2 Å². The van der Waals surface area contributed by atoms with Gasteiger partial charge in [-0.25, -0.2) is 0 Å². The van der Waals surface area contributed by atoms with E-state index in [2.05, 4.69) is 0 Å². The van der Waals surface area contributed by atoms with Crippen LogP contribution in [0.5, 0.6) is 23.0 Å². The first-order valence-corrected chi connectivity index (χ1v) is 10.7. The van der Waals surface area contributed by atoms with Crippen LogP contribution in [-0.4, -0.2) is 33.6 Å². The summed E-state index contributed by atoms with van der Waals surface area (Å²) in [5.41, 5.74) is 3.96. The number of ether oxygens (including phenoxy) is 1. The van der Waals surface area contributed by atoms with E-state index in [1.165, 1.54) is 0 Å². The lowest BCUT2D eigenvalue weighted by Gasteiger charge is -2.22. The Balaban J connectivity index is 1.57. The van der Waals surface area contributed by atoms with Crippen LogP contribution < -0.4 is 0 Å². The third kappa shape index (κ3) is 5.64. The van der Waals surface area contributed by atoms with Crippen molar-refractivity contribution in [2.75, 3.05) is 13.2 Å². The van der Waals surface area contributed by atoms with Gasteiger partial charge in [0.05, 0.1) is 13.2 Å². The summed E-state index contributed by atoms with van der Waals surface area (Å²) in [5, 5.41) is 38.7. The molecule has 0 fully saturated rings. The molecule has 0 bridgehead atoms. The normalized spacial score (nSPS) is 11.2. The van der Waals surface area contributed by atoms with Crippen LogP contribution in [0.2, 0.25) is 0 Å². The summed E-state index contributed by atoms with van der Waals surface area (Å²) in [5.74, 6) is 0.610. The van der Waals surface area contributed by atoms with E-state index in [9.17, 15) is 20.4 Å². The molecule has 0 atom stereocenters. The number of rotatable bonds is 8. The lowest BCUT2D eigenvalue weighted by Crippen LogP contribution is -2.15. The molecule has 4 N–H and O–H groups in total. The molecule has 0 spiro atoms. The molecule has 0 aliphatic heterocycles. The molecule has 0 unspecified atom stereocenters. The number of benzene rings is 4. The Morgan fingerprint density at radius 1 is 0.394 bits per heavy atom. The van der Waals surface area contributed by atoms with Crippen LogP contribution in [0.15, 0.2) is 97.1 Å². The third-order valence-electron chi connectivity index (χ3n) is 5.75. The second-order valence-electron chi connectivity index (χ2n) is 8.01. The maximum Gasteiger partial charge on any atom is 0.115 e. The fourth-order valence-corrected chi connectivity index (χ4v) is 3.90. The van der Waals surface area contributed by atoms with Crippen molar-refractivity contribution in [3.05, 3.63) is 119 Å². The molecular formula is C28H26O5. The Labute approximate surface area is 192 Å². The first kappa shape index (κ1) is 22.2. The molecule has 0 saturated heterocycles. The molecule has 5 nitrogen and oxygen atoms in total. The van der Waals surface area contributed by atoms with Gasteiger partial charge in [-0.15, -0.1) is 0 Å². The Morgan fingerprint density at radius 3 is 0.818 bits per heavy atom. The standard InChI is InChI=1S/C28H26O5/c29-23-9-1-19(2-10-23)27(20-3-11-24(30)12-4-20)17-33-18-28(21-5-13-25(31)14-6-21)22-7-15-26(32)16-8-22/h1-16,27-32H,17-18H2. The SMILES string of the molecule is Oc1ccc(C(COCC(c2ccc(O)cc2)c2ccc(O)cc2)c2ccc(O)cc2)cc1. The van der Waals surface area contributed by atoms with Gasteiger partial charge in [0.15, 0.2) is 0 Å². The highest BCUT2D eigenvalue weighted by Gasteiger charge is 2.19. The van der Waals surface area contributed by atoms with Crippen LogP contribution in [-0.2, 0) is 4.74 Å². The zero-order valence-electron chi connectivity index (χ0n) is 18.0. The van der Waals surface area contributed by atoms with Gasteiger partial charge in [0, 0.05) is 11.8 Å². The van der Waals surface area contributed by atoms with Gasteiger partial charge >= 0.3 is 0 Å². The average Bonchev–Trinajstić information content (AvgIpc) is 2.82. The van der Waals surface area contributed by atoms with Crippen LogP contribution >= 0.6 is 0 Å². The zero-order chi connectivity index (χ0) is 23.2. The van der Waals surface area contributed by atoms with Crippen LogP contribution in [0.25, 0.3) is 0 Å². The van der Waals surface area contributed by atoms with Crippen LogP contribution in [0.1, 0.15) is 34.1 Å². The maximum absolute atomic E-state index is 9.69. The first-order chi connectivity index (χ1) is 16.0. The van der Waals surface area contributed by atoms with Gasteiger partial charge in [0.2, 0.25) is 0 Å². The molecular weight excluding hydrogens is 416 g/mol. The fourth-order valence-electron chi connectivity index (χ4n) is 3.90. The van der Waals surface area contributed by atoms with E-state index in [-0.39, 0.29) is 34.8 Å². The van der Waals surface area contributed by atoms with Crippen molar-refractivity contribution in [2.45, 2.75) is 11.8 Å². The quantitative estimate of drug-likeness (QED) is 0.290. The molecule has 0 saturated carbocycles. The van der Waals surface area contributed by atoms with Gasteiger partial charge in [0.1, 0.15) is 23.0 Å². The van der Waals surface area contributed by atoms with Crippen molar-refractivity contribution in [1.29, 1.82) is 0 Å². The largest absolute Gasteiger partial charge is 0.508 e. The Bertz CT molecular complexity index is 965. The third-order valence-corrected chi connectivity index (χ3v) is 5.75. The van der Waals surface area contributed by atoms with Crippen molar-refractivity contribution in [1.82, 2.24) is 0 Å². The minimum absolute atomic E-state index is 0.0912. The summed E-state index contributed by atoms with van der Waals surface area (Å²) in [6.07, 6.45) is 0. The second-order valence-corrected chi connectivity index (χ2v) is 8.01. The van der Waals surface area contributed by atoms with Gasteiger partial charge in [-0.2, -0.15) is 0 Å². The van der Waals surface area contributed by atoms with Crippen LogP contribution in [0, 0.1) is 0 Å². The molecule has 4 rings (SSSR count). The second kappa shape index (κ2) is 10.1. The fraction of sp³-hybridized carbons (Fsp3) is 0.143. The summed E-state index contributed by atoms with van der Waals surface area (Å²) < 4.78 is 6.25. The molecule has 4 aromatic rings. The summed E-state index contributed by atoms with van der Waals surface area (Å²) in [4.78, 5) is 0. The van der Waals surface area contributed by atoms with E-state index < -0.39 is 0 Å². The van der Waals surface area contributed by atoms with Crippen LogP contribution in [0.4, 0.5) is 0 Å². The van der Waals surface area contributed by atoms with E-state index in [1.54, 1.807) is 48.5 Å². The molecule has 0 aliphatic rings. The maximum atomic E-state index is 9.69. The van der Waals surface area contributed by atoms with Crippen molar-refractivity contribution in [2.24, 2.45) is 0 Å². The lowest BCUT2D eigenvalue weighted by molar-refractivity contribution is 0.121. The van der Waals surface area contributed by atoms with Crippen molar-refractivity contribution >= 4 is 0 Å². The molecule has 4 aromatic carbocycles. The Morgan fingerprint density at radius 2 is 0.606 bits per heavy atom. The first-order valence-electron chi connectivity index (χ1n) is 10.7. The summed E-state index contributed by atoms with van der Waals surface area (Å²) >= 11 is 0. The molecule has 168 valence electrons. The molecule has 0 aliphatic carbocycles. The minimum atomic E-state index is -0.0912. The van der Waals surface area contributed by atoms with E-state index in [1.807, 2.05) is 48.5 Å². The number of aromatic hydroxyl groups is 4. The van der Waals surface area contributed by atoms with Crippen molar-refractivity contribution in [3.63, 3.8) is 0 Å². The predicted molar refractivity (Wildman–Crippen MR) is 127 cm³/mol. The summed E-state index contributed by atoms with van der Waals surface area (Å²) in [7, 11) is 0. The van der Waals surface area contributed by atoms with E-state index in [0.717, 1.165) is 22.3 Å². The minimum Gasteiger partial charge on any atom is -0.508 e. The smallest absolute Gasteiger partial charge is 0.115 e. The zero-order valence-corrected chi connectivity index (χ0v) is 18.0. The van der Waals surface area contributed by atoms with Gasteiger partial charge in [-0.3, -0.25) is 0 Å². The average molecular weight is 443 g/mol. The molecule has 33 heavy (non-hydrogen) atoms. The topological polar surface area (TPSA) is 90.2 Å². The van der Waals surface area contributed by atoms with E-state index >= 15 is 0 Å². The van der Waals surface area contributed by atoms with Crippen molar-refractivity contribution < 1.29 is 25.2 Å². The van der Waals surface area contributed by atoms with E-state index in [4.69, 9.17) is 4.74 Å². The lowest BCUT2D eigenvalue weighted by atomic mass is 9.90. The monoisotopic (exact) mass is 442 g/mol. The number of phenols is 4. The number of hydrogen-bond acceptors (Lipinski definition) is 5. The number of hydrogen-bond donors (Lipinski definition) is 4. The van der Waals surface area contributed by atoms with Crippen LogP contribution in [0.3, 0.4) is 0 Å². The Hall–Kier alpha value is -3.96. The highest BCUT2D eigenvalue weighted by Crippen LogP contribution is 2.31. The van der Waals surface area contributed by atoms with Gasteiger partial charge in [-0.1, -0.05) is 48.5 Å². The molecule has 0 radical (unpaired) electrons. The molecule has 0 aromatic heterocycles. The van der Waals surface area contributed by atoms with E-state index in [0.29, 0.717) is 13.2 Å². The molecule has 5 heteroatoms. The van der Waals surface area contributed by atoms with Gasteiger partial charge in [0.25, 0.3) is 0 Å². The van der Waals surface area contributed by atoms with Crippen molar-refractivity contribution in [3.8, 4) is 23.0 Å². The summed E-state index contributed by atoms with van der Waals surface area (Å²) in [6, 6.07) is 28.2. The highest BCUT2D eigenvalue weighted by atomic mass is 16.5. The molecule has 0 heterocycles.